The number of amides is 2. The van der Waals surface area contributed by atoms with E-state index in [1.54, 1.807) is 30.3 Å². The molecule has 132 valence electrons. The maximum atomic E-state index is 13.2. The molecule has 0 saturated carbocycles. The topological polar surface area (TPSA) is 67.4 Å². The number of halogens is 1. The molecule has 0 saturated heterocycles. The van der Waals surface area contributed by atoms with Gasteiger partial charge in [0.05, 0.1) is 0 Å². The summed E-state index contributed by atoms with van der Waals surface area (Å²) in [6.07, 6.45) is 0.985. The Morgan fingerprint density at radius 2 is 1.76 bits per heavy atom. The fraction of sp³-hybridized carbons (Fsp3) is 0.263. The monoisotopic (exact) mass is 344 g/mol. The van der Waals surface area contributed by atoms with Crippen LogP contribution in [0.25, 0.3) is 0 Å². The minimum atomic E-state index is -0.425. The third kappa shape index (κ3) is 6.35. The van der Waals surface area contributed by atoms with E-state index >= 15 is 0 Å². The molecule has 2 aromatic rings. The minimum Gasteiger partial charge on any atom is -0.382 e. The van der Waals surface area contributed by atoms with Gasteiger partial charge in [-0.25, -0.2) is 4.39 Å². The molecule has 2 aromatic carbocycles. The van der Waals surface area contributed by atoms with E-state index in [0.29, 0.717) is 43.0 Å². The minimum absolute atomic E-state index is 0.137. The smallest absolute Gasteiger partial charge is 0.255 e. The van der Waals surface area contributed by atoms with Gasteiger partial charge in [-0.1, -0.05) is 12.1 Å². The summed E-state index contributed by atoms with van der Waals surface area (Å²) in [4.78, 5) is 24.1. The lowest BCUT2D eigenvalue weighted by Crippen LogP contribution is -2.15. The lowest BCUT2D eigenvalue weighted by Gasteiger charge is -2.09. The highest BCUT2D eigenvalue weighted by molar-refractivity contribution is 6.05. The van der Waals surface area contributed by atoms with Crippen LogP contribution in [-0.2, 0) is 9.53 Å². The Balaban J connectivity index is 1.93. The predicted molar refractivity (Wildman–Crippen MR) is 95.2 cm³/mol. The van der Waals surface area contributed by atoms with Crippen LogP contribution in [0.1, 0.15) is 30.1 Å². The number of ether oxygens (including phenoxy) is 1. The molecule has 0 radical (unpaired) electrons. The van der Waals surface area contributed by atoms with Crippen molar-refractivity contribution in [3.63, 3.8) is 0 Å². The van der Waals surface area contributed by atoms with Crippen LogP contribution in [0, 0.1) is 5.82 Å². The molecule has 6 heteroatoms. The van der Waals surface area contributed by atoms with Crippen molar-refractivity contribution in [2.24, 2.45) is 0 Å². The molecule has 0 aliphatic carbocycles. The lowest BCUT2D eigenvalue weighted by molar-refractivity contribution is -0.116. The SMILES string of the molecule is CCOCCCC(=O)Nc1cccc(C(=O)Nc2cccc(F)c2)c1. The Bertz CT molecular complexity index is 734. The largest absolute Gasteiger partial charge is 0.382 e. The zero-order valence-corrected chi connectivity index (χ0v) is 14.0. The normalized spacial score (nSPS) is 10.3. The molecule has 2 N–H and O–H groups in total. The van der Waals surface area contributed by atoms with Crippen molar-refractivity contribution in [2.75, 3.05) is 23.8 Å². The summed E-state index contributed by atoms with van der Waals surface area (Å²) < 4.78 is 18.4. The number of hydrogen-bond donors (Lipinski definition) is 2. The second-order valence-electron chi connectivity index (χ2n) is 5.39. The number of carbonyl (C=O) groups excluding carboxylic acids is 2. The third-order valence-corrected chi connectivity index (χ3v) is 3.39. The Morgan fingerprint density at radius 1 is 1.04 bits per heavy atom. The quantitative estimate of drug-likeness (QED) is 0.715. The first-order chi connectivity index (χ1) is 12.1. The van der Waals surface area contributed by atoms with Crippen molar-refractivity contribution in [2.45, 2.75) is 19.8 Å². The van der Waals surface area contributed by atoms with Crippen LogP contribution in [0.2, 0.25) is 0 Å². The average Bonchev–Trinajstić information content (AvgIpc) is 2.59. The van der Waals surface area contributed by atoms with Gasteiger partial charge in [0, 0.05) is 36.6 Å². The Kier molecular flexibility index (Phi) is 7.10. The number of carbonyl (C=O) groups is 2. The van der Waals surface area contributed by atoms with E-state index in [4.69, 9.17) is 4.74 Å². The first-order valence-corrected chi connectivity index (χ1v) is 8.13. The average molecular weight is 344 g/mol. The van der Waals surface area contributed by atoms with Crippen LogP contribution < -0.4 is 10.6 Å². The molecule has 2 rings (SSSR count). The van der Waals surface area contributed by atoms with E-state index in [1.807, 2.05) is 6.92 Å². The second-order valence-corrected chi connectivity index (χ2v) is 5.39. The van der Waals surface area contributed by atoms with Gasteiger partial charge < -0.3 is 15.4 Å². The fourth-order valence-corrected chi connectivity index (χ4v) is 2.21. The van der Waals surface area contributed by atoms with Crippen molar-refractivity contribution in [1.82, 2.24) is 0 Å². The van der Waals surface area contributed by atoms with Crippen molar-refractivity contribution >= 4 is 23.2 Å². The first kappa shape index (κ1) is 18.6. The highest BCUT2D eigenvalue weighted by atomic mass is 19.1. The summed E-state index contributed by atoms with van der Waals surface area (Å²) in [5.74, 6) is -0.939. The molecule has 2 amide bonds. The molecular weight excluding hydrogens is 323 g/mol. The standard InChI is InChI=1S/C19H21FN2O3/c1-2-25-11-5-10-18(23)21-16-8-3-6-14(12-16)19(24)22-17-9-4-7-15(20)13-17/h3-4,6-9,12-13H,2,5,10-11H2,1H3,(H,21,23)(H,22,24). The van der Waals surface area contributed by atoms with Crippen LogP contribution in [0.3, 0.4) is 0 Å². The van der Waals surface area contributed by atoms with E-state index in [1.165, 1.54) is 18.2 Å². The van der Waals surface area contributed by atoms with Crippen LogP contribution in [-0.4, -0.2) is 25.0 Å². The third-order valence-electron chi connectivity index (χ3n) is 3.39. The molecule has 0 spiro atoms. The molecule has 25 heavy (non-hydrogen) atoms. The zero-order chi connectivity index (χ0) is 18.1. The van der Waals surface area contributed by atoms with Crippen molar-refractivity contribution in [3.05, 3.63) is 59.9 Å². The van der Waals surface area contributed by atoms with E-state index in [-0.39, 0.29) is 11.8 Å². The van der Waals surface area contributed by atoms with E-state index in [2.05, 4.69) is 10.6 Å². The number of hydrogen-bond acceptors (Lipinski definition) is 3. The first-order valence-electron chi connectivity index (χ1n) is 8.13. The number of rotatable bonds is 8. The van der Waals surface area contributed by atoms with Crippen molar-refractivity contribution < 1.29 is 18.7 Å². The summed E-state index contributed by atoms with van der Waals surface area (Å²) in [6.45, 7) is 3.07. The van der Waals surface area contributed by atoms with Crippen LogP contribution in [0.5, 0.6) is 0 Å². The Morgan fingerprint density at radius 3 is 2.48 bits per heavy atom. The predicted octanol–water partition coefficient (Wildman–Crippen LogP) is 3.83. The van der Waals surface area contributed by atoms with Gasteiger partial charge in [-0.05, 0) is 49.7 Å². The van der Waals surface area contributed by atoms with E-state index < -0.39 is 5.82 Å². The van der Waals surface area contributed by atoms with Gasteiger partial charge in [0.15, 0.2) is 0 Å². The van der Waals surface area contributed by atoms with Crippen molar-refractivity contribution in [3.8, 4) is 0 Å². The molecular formula is C19H21FN2O3. The van der Waals surface area contributed by atoms with Gasteiger partial charge in [0.25, 0.3) is 5.91 Å². The number of nitrogens with one attached hydrogen (secondary N) is 2. The van der Waals surface area contributed by atoms with E-state index in [0.717, 1.165) is 0 Å². The van der Waals surface area contributed by atoms with Crippen molar-refractivity contribution in [1.29, 1.82) is 0 Å². The van der Waals surface area contributed by atoms with Crippen LogP contribution in [0.4, 0.5) is 15.8 Å². The maximum Gasteiger partial charge on any atom is 0.255 e. The van der Waals surface area contributed by atoms with Crippen LogP contribution in [0.15, 0.2) is 48.5 Å². The molecule has 0 atom stereocenters. The summed E-state index contributed by atoms with van der Waals surface area (Å²) >= 11 is 0. The van der Waals surface area contributed by atoms with E-state index in [9.17, 15) is 14.0 Å². The molecule has 5 nitrogen and oxygen atoms in total. The molecule has 0 aliphatic rings. The lowest BCUT2D eigenvalue weighted by atomic mass is 10.1. The molecule has 0 aliphatic heterocycles. The van der Waals surface area contributed by atoms with Gasteiger partial charge in [0.2, 0.25) is 5.91 Å². The maximum absolute atomic E-state index is 13.2. The Hall–Kier alpha value is -2.73. The molecule has 0 aromatic heterocycles. The zero-order valence-electron chi connectivity index (χ0n) is 14.0. The molecule has 0 bridgehead atoms. The molecule has 0 unspecified atom stereocenters. The van der Waals surface area contributed by atoms with Gasteiger partial charge in [-0.15, -0.1) is 0 Å². The van der Waals surface area contributed by atoms with Gasteiger partial charge in [0.1, 0.15) is 5.82 Å². The highest BCUT2D eigenvalue weighted by Crippen LogP contribution is 2.15. The second kappa shape index (κ2) is 9.54. The summed E-state index contributed by atoms with van der Waals surface area (Å²) in [5.41, 5.74) is 1.28. The Labute approximate surface area is 146 Å². The summed E-state index contributed by atoms with van der Waals surface area (Å²) in [5, 5.41) is 5.37. The van der Waals surface area contributed by atoms with Crippen LogP contribution >= 0.6 is 0 Å². The number of anilines is 2. The van der Waals surface area contributed by atoms with Gasteiger partial charge in [-0.3, -0.25) is 9.59 Å². The molecule has 0 heterocycles. The van der Waals surface area contributed by atoms with Gasteiger partial charge in [-0.2, -0.15) is 0 Å². The van der Waals surface area contributed by atoms with Gasteiger partial charge >= 0.3 is 0 Å². The fourth-order valence-electron chi connectivity index (χ4n) is 2.21. The summed E-state index contributed by atoms with van der Waals surface area (Å²) in [7, 11) is 0. The highest BCUT2D eigenvalue weighted by Gasteiger charge is 2.09. The number of benzene rings is 2. The molecule has 0 fully saturated rings. The summed E-state index contributed by atoms with van der Waals surface area (Å²) in [6, 6.07) is 12.2.